The maximum atomic E-state index is 7.96. The molecule has 0 spiro atoms. The lowest BCUT2D eigenvalue weighted by Crippen LogP contribution is -2.63. The van der Waals surface area contributed by atoms with E-state index in [-0.39, 0.29) is 10.1 Å². The molecule has 4 unspecified atom stereocenters. The third-order valence-corrected chi connectivity index (χ3v) is 21.6. The van der Waals surface area contributed by atoms with Crippen LogP contribution in [0.2, 0.25) is 33.2 Å². The zero-order valence-corrected chi connectivity index (χ0v) is 24.4. The fourth-order valence-electron chi connectivity index (χ4n) is 5.70. The molecule has 7 heteroatoms. The maximum absolute atomic E-state index is 7.96. The van der Waals surface area contributed by atoms with Crippen LogP contribution in [0.1, 0.15) is 93.9 Å². The zero-order valence-electron chi connectivity index (χ0n) is 22.4. The summed E-state index contributed by atoms with van der Waals surface area (Å²) in [7, 11) is -4.40. The van der Waals surface area contributed by atoms with E-state index in [9.17, 15) is 0 Å². The number of hydrogen-bond donors (Lipinski definition) is 4. The first-order chi connectivity index (χ1) is 14.3. The van der Waals surface area contributed by atoms with Crippen molar-refractivity contribution in [1.82, 2.24) is 0 Å². The van der Waals surface area contributed by atoms with Gasteiger partial charge in [-0.15, -0.1) is 0 Å². The average Bonchev–Trinajstić information content (AvgIpc) is 2.67. The summed E-state index contributed by atoms with van der Waals surface area (Å²) in [6.07, 6.45) is 6.50. The zero-order chi connectivity index (χ0) is 24.3. The Morgan fingerprint density at radius 3 is 1.10 bits per heavy atom. The molecule has 0 aliphatic carbocycles. The molecule has 0 aliphatic rings. The Bertz CT molecular complexity index is 439. The molecule has 0 radical (unpaired) electrons. The fourth-order valence-corrected chi connectivity index (χ4v) is 21.4. The third-order valence-electron chi connectivity index (χ3n) is 7.68. The van der Waals surface area contributed by atoms with Crippen molar-refractivity contribution in [3.8, 4) is 0 Å². The second-order valence-corrected chi connectivity index (χ2v) is 22.2. The molecule has 0 fully saturated rings. The van der Waals surface area contributed by atoms with Gasteiger partial charge in [-0.25, -0.2) is 0 Å². The first-order valence-corrected chi connectivity index (χ1v) is 17.2. The molecule has 0 rings (SSSR count). The number of hydrogen-bond acceptors (Lipinski definition) is 5. The van der Waals surface area contributed by atoms with Crippen molar-refractivity contribution in [3.63, 3.8) is 0 Å². The smallest absolute Gasteiger partial charge is 0.188 e. The highest BCUT2D eigenvalue weighted by Crippen LogP contribution is 2.57. The summed E-state index contributed by atoms with van der Waals surface area (Å²) in [5, 5.41) is 0.270. The lowest BCUT2D eigenvalue weighted by atomic mass is 10.2. The SMILES string of the molecule is CC(CCCN)[Si](CCCN)(O[Si](CCCN)(C(C)CCCN)C(C)(C)C)C(C)(C)C. The van der Waals surface area contributed by atoms with E-state index in [4.69, 9.17) is 27.0 Å². The van der Waals surface area contributed by atoms with Crippen molar-refractivity contribution in [2.24, 2.45) is 22.9 Å². The third kappa shape index (κ3) is 8.19. The van der Waals surface area contributed by atoms with Gasteiger partial charge in [0.15, 0.2) is 16.6 Å². The van der Waals surface area contributed by atoms with Gasteiger partial charge in [0.25, 0.3) is 0 Å². The molecular formula is C24H58N4OSi2. The van der Waals surface area contributed by atoms with Crippen molar-refractivity contribution < 1.29 is 4.12 Å². The highest BCUT2D eigenvalue weighted by Gasteiger charge is 2.59. The molecular weight excluding hydrogens is 416 g/mol. The van der Waals surface area contributed by atoms with Crippen LogP contribution in [0.3, 0.4) is 0 Å². The van der Waals surface area contributed by atoms with E-state index in [1.165, 1.54) is 0 Å². The molecule has 188 valence electrons. The van der Waals surface area contributed by atoms with Crippen LogP contribution in [0.4, 0.5) is 0 Å². The minimum absolute atomic E-state index is 0.135. The molecule has 31 heavy (non-hydrogen) atoms. The van der Waals surface area contributed by atoms with Gasteiger partial charge in [-0.3, -0.25) is 0 Å². The first-order valence-electron chi connectivity index (χ1n) is 12.8. The Hall–Kier alpha value is 0.234. The molecule has 0 saturated heterocycles. The topological polar surface area (TPSA) is 113 Å². The molecule has 0 heterocycles. The Morgan fingerprint density at radius 2 is 0.871 bits per heavy atom. The molecule has 0 aromatic carbocycles. The number of nitrogens with two attached hydrogens (primary N) is 4. The minimum Gasteiger partial charge on any atom is -0.454 e. The van der Waals surface area contributed by atoms with Gasteiger partial charge >= 0.3 is 0 Å². The molecule has 0 aliphatic heterocycles. The van der Waals surface area contributed by atoms with Crippen LogP contribution in [-0.4, -0.2) is 42.8 Å². The standard InChI is InChI=1S/C24H58N4OSi2/c1-21(13-9-15-25)30(19-11-17-27,23(3,4)5)29-31(20-12-18-28,24(6,7)8)22(2)14-10-16-26/h21-22H,9-20,25-28H2,1-8H3. The number of rotatable bonds is 16. The summed E-state index contributed by atoms with van der Waals surface area (Å²) in [5.74, 6) is 0. The van der Waals surface area contributed by atoms with Crippen molar-refractivity contribution in [2.45, 2.75) is 127 Å². The van der Waals surface area contributed by atoms with Crippen LogP contribution < -0.4 is 22.9 Å². The molecule has 4 atom stereocenters. The molecule has 8 N–H and O–H groups in total. The summed E-state index contributed by atoms with van der Waals surface area (Å²) in [5.41, 5.74) is 25.1. The largest absolute Gasteiger partial charge is 0.454 e. The Morgan fingerprint density at radius 1 is 0.581 bits per heavy atom. The predicted molar refractivity (Wildman–Crippen MR) is 144 cm³/mol. The van der Waals surface area contributed by atoms with Gasteiger partial charge in [0.05, 0.1) is 0 Å². The Labute approximate surface area is 197 Å². The van der Waals surface area contributed by atoms with Crippen LogP contribution in [0.15, 0.2) is 0 Å². The molecule has 0 aromatic heterocycles. The lowest BCUT2D eigenvalue weighted by molar-refractivity contribution is 0.378. The summed E-state index contributed by atoms with van der Waals surface area (Å²) in [6.45, 7) is 22.4. The van der Waals surface area contributed by atoms with Gasteiger partial charge in [0.2, 0.25) is 0 Å². The van der Waals surface area contributed by atoms with Crippen molar-refractivity contribution >= 4 is 16.6 Å². The predicted octanol–water partition coefficient (Wildman–Crippen LogP) is 5.45. The van der Waals surface area contributed by atoms with Gasteiger partial charge in [-0.05, 0) is 98.0 Å². The lowest BCUT2D eigenvalue weighted by Gasteiger charge is -2.57. The van der Waals surface area contributed by atoms with E-state index in [0.29, 0.717) is 11.1 Å². The normalized spacial score (nSPS) is 19.0. The summed E-state index contributed by atoms with van der Waals surface area (Å²) in [6, 6.07) is 2.27. The second-order valence-electron chi connectivity index (χ2n) is 11.8. The summed E-state index contributed by atoms with van der Waals surface area (Å²) < 4.78 is 7.96. The van der Waals surface area contributed by atoms with E-state index in [1.54, 1.807) is 0 Å². The van der Waals surface area contributed by atoms with Crippen LogP contribution in [0, 0.1) is 0 Å². The molecule has 0 amide bonds. The highest BCUT2D eigenvalue weighted by atomic mass is 28.4. The van der Waals surface area contributed by atoms with E-state index in [2.05, 4.69) is 55.4 Å². The highest BCUT2D eigenvalue weighted by molar-refractivity contribution is 6.91. The van der Waals surface area contributed by atoms with Crippen LogP contribution in [0.25, 0.3) is 0 Å². The van der Waals surface area contributed by atoms with E-state index in [0.717, 1.165) is 76.8 Å². The minimum atomic E-state index is -2.20. The molecule has 5 nitrogen and oxygen atoms in total. The van der Waals surface area contributed by atoms with E-state index in [1.807, 2.05) is 0 Å². The van der Waals surface area contributed by atoms with Gasteiger partial charge in [0.1, 0.15) is 0 Å². The van der Waals surface area contributed by atoms with Crippen LogP contribution in [-0.2, 0) is 4.12 Å². The monoisotopic (exact) mass is 474 g/mol. The average molecular weight is 475 g/mol. The Kier molecular flexibility index (Phi) is 13.9. The van der Waals surface area contributed by atoms with Crippen molar-refractivity contribution in [1.29, 1.82) is 0 Å². The van der Waals surface area contributed by atoms with Gasteiger partial charge < -0.3 is 27.0 Å². The van der Waals surface area contributed by atoms with Crippen LogP contribution >= 0.6 is 0 Å². The first kappa shape index (κ1) is 31.2. The summed E-state index contributed by atoms with van der Waals surface area (Å²) >= 11 is 0. The van der Waals surface area contributed by atoms with Crippen molar-refractivity contribution in [2.75, 3.05) is 26.2 Å². The second kappa shape index (κ2) is 13.8. The van der Waals surface area contributed by atoms with E-state index >= 15 is 0 Å². The van der Waals surface area contributed by atoms with Gasteiger partial charge in [-0.1, -0.05) is 55.4 Å². The quantitative estimate of drug-likeness (QED) is 0.222. The van der Waals surface area contributed by atoms with E-state index < -0.39 is 16.6 Å². The fraction of sp³-hybridized carbons (Fsp3) is 1.00. The van der Waals surface area contributed by atoms with Crippen LogP contribution in [0.5, 0.6) is 0 Å². The van der Waals surface area contributed by atoms with Gasteiger partial charge in [-0.2, -0.15) is 0 Å². The molecule has 0 bridgehead atoms. The molecule has 0 aromatic rings. The maximum Gasteiger partial charge on any atom is 0.188 e. The van der Waals surface area contributed by atoms with Crippen molar-refractivity contribution in [3.05, 3.63) is 0 Å². The molecule has 0 saturated carbocycles. The van der Waals surface area contributed by atoms with Gasteiger partial charge in [0, 0.05) is 0 Å². The Balaban J connectivity index is 6.66. The summed E-state index contributed by atoms with van der Waals surface area (Å²) in [4.78, 5) is 0.